The number of benzene rings is 1. The minimum absolute atomic E-state index is 0.549. The van der Waals surface area contributed by atoms with Crippen molar-refractivity contribution in [3.8, 4) is 0 Å². The summed E-state index contributed by atoms with van der Waals surface area (Å²) >= 11 is 0. The summed E-state index contributed by atoms with van der Waals surface area (Å²) in [4.78, 5) is 4.59. The van der Waals surface area contributed by atoms with Gasteiger partial charge in [-0.3, -0.25) is 4.98 Å². The van der Waals surface area contributed by atoms with Gasteiger partial charge in [0.15, 0.2) is 0 Å². The highest BCUT2D eigenvalue weighted by Crippen LogP contribution is 2.27. The molecule has 0 radical (unpaired) electrons. The topological polar surface area (TPSA) is 12.9 Å². The number of rotatable bonds is 3. The molecule has 1 heteroatoms. The molecule has 0 spiro atoms. The molecule has 2 rings (SSSR count). The van der Waals surface area contributed by atoms with Gasteiger partial charge in [0, 0.05) is 11.6 Å². The Morgan fingerprint density at radius 1 is 1.18 bits per heavy atom. The Hall–Kier alpha value is -1.37. The summed E-state index contributed by atoms with van der Waals surface area (Å²) in [5, 5.41) is 1.32. The number of pyridine rings is 1. The maximum absolute atomic E-state index is 4.59. The van der Waals surface area contributed by atoms with Crippen LogP contribution >= 0.6 is 0 Å². The molecule has 0 amide bonds. The van der Waals surface area contributed by atoms with Crippen LogP contribution in [0.4, 0.5) is 0 Å². The van der Waals surface area contributed by atoms with Gasteiger partial charge in [0.1, 0.15) is 0 Å². The van der Waals surface area contributed by atoms with Crippen LogP contribution < -0.4 is 0 Å². The van der Waals surface area contributed by atoms with E-state index in [-0.39, 0.29) is 0 Å². The quantitative estimate of drug-likeness (QED) is 0.728. The molecule has 0 aliphatic carbocycles. The van der Waals surface area contributed by atoms with Crippen LogP contribution in [0.5, 0.6) is 0 Å². The van der Waals surface area contributed by atoms with E-state index in [1.807, 2.05) is 6.20 Å². The molecule has 1 unspecified atom stereocenters. The summed E-state index contributed by atoms with van der Waals surface area (Å²) in [6.07, 6.45) is 3.19. The maximum atomic E-state index is 4.59. The van der Waals surface area contributed by atoms with Crippen LogP contribution in [0.25, 0.3) is 10.9 Å². The molecule has 0 bridgehead atoms. The molecule has 1 aromatic heterocycles. The fourth-order valence-corrected chi connectivity index (χ4v) is 2.20. The highest BCUT2D eigenvalue weighted by Gasteiger charge is 2.09. The van der Waals surface area contributed by atoms with E-state index in [9.17, 15) is 0 Å². The first-order valence-corrected chi connectivity index (χ1v) is 6.52. The fourth-order valence-electron chi connectivity index (χ4n) is 2.20. The normalized spacial score (nSPS) is 13.2. The van der Waals surface area contributed by atoms with E-state index in [1.54, 1.807) is 0 Å². The van der Waals surface area contributed by atoms with Gasteiger partial charge in [0.25, 0.3) is 0 Å². The molecule has 0 N–H and O–H groups in total. The number of nitrogens with zero attached hydrogens (tertiary/aromatic N) is 1. The standard InChI is InChI=1S/C16H21N/c1-5-12(4)13-9-15-14(11(2)3)7-6-8-16(15)17-10-13/h6-12H,5H2,1-4H3. The minimum Gasteiger partial charge on any atom is -0.256 e. The van der Waals surface area contributed by atoms with Crippen molar-refractivity contribution in [3.63, 3.8) is 0 Å². The average molecular weight is 227 g/mol. The van der Waals surface area contributed by atoms with Crippen LogP contribution in [0.3, 0.4) is 0 Å². The zero-order valence-corrected chi connectivity index (χ0v) is 11.2. The lowest BCUT2D eigenvalue weighted by molar-refractivity contribution is 0.731. The lowest BCUT2D eigenvalue weighted by Gasteiger charge is -2.13. The summed E-state index contributed by atoms with van der Waals surface area (Å²) in [6, 6.07) is 8.75. The summed E-state index contributed by atoms with van der Waals surface area (Å²) < 4.78 is 0. The van der Waals surface area contributed by atoms with Crippen molar-refractivity contribution in [2.24, 2.45) is 0 Å². The van der Waals surface area contributed by atoms with Crippen LogP contribution in [0, 0.1) is 0 Å². The Balaban J connectivity index is 2.61. The molecular weight excluding hydrogens is 206 g/mol. The molecule has 1 nitrogen and oxygen atoms in total. The van der Waals surface area contributed by atoms with E-state index in [4.69, 9.17) is 0 Å². The highest BCUT2D eigenvalue weighted by atomic mass is 14.7. The van der Waals surface area contributed by atoms with E-state index in [2.05, 4.69) is 56.9 Å². The monoisotopic (exact) mass is 227 g/mol. The number of aromatic nitrogens is 1. The molecule has 1 aromatic carbocycles. The summed E-state index contributed by atoms with van der Waals surface area (Å²) in [6.45, 7) is 8.97. The van der Waals surface area contributed by atoms with Crippen LogP contribution in [-0.2, 0) is 0 Å². The molecular formula is C16H21N. The van der Waals surface area contributed by atoms with E-state index >= 15 is 0 Å². The van der Waals surface area contributed by atoms with Gasteiger partial charge in [0.2, 0.25) is 0 Å². The highest BCUT2D eigenvalue weighted by molar-refractivity contribution is 5.83. The average Bonchev–Trinajstić information content (AvgIpc) is 2.36. The first-order chi connectivity index (χ1) is 8.13. The lowest BCUT2D eigenvalue weighted by atomic mass is 9.94. The Kier molecular flexibility index (Phi) is 3.46. The van der Waals surface area contributed by atoms with Crippen molar-refractivity contribution in [2.45, 2.75) is 46.0 Å². The maximum Gasteiger partial charge on any atom is 0.0705 e. The zero-order chi connectivity index (χ0) is 12.4. The third-order valence-corrected chi connectivity index (χ3v) is 3.58. The molecule has 0 aliphatic rings. The zero-order valence-electron chi connectivity index (χ0n) is 11.2. The van der Waals surface area contributed by atoms with E-state index in [0.717, 1.165) is 11.9 Å². The van der Waals surface area contributed by atoms with Crippen molar-refractivity contribution in [3.05, 3.63) is 41.6 Å². The second-order valence-corrected chi connectivity index (χ2v) is 5.15. The molecule has 1 atom stereocenters. The molecule has 0 saturated carbocycles. The second kappa shape index (κ2) is 4.87. The largest absolute Gasteiger partial charge is 0.256 e. The summed E-state index contributed by atoms with van der Waals surface area (Å²) in [5.74, 6) is 1.14. The predicted molar refractivity (Wildman–Crippen MR) is 74.5 cm³/mol. The van der Waals surface area contributed by atoms with Crippen LogP contribution in [0.15, 0.2) is 30.5 Å². The van der Waals surface area contributed by atoms with Gasteiger partial charge in [-0.2, -0.15) is 0 Å². The van der Waals surface area contributed by atoms with Crippen LogP contribution in [-0.4, -0.2) is 4.98 Å². The van der Waals surface area contributed by atoms with Crippen LogP contribution in [0.1, 0.15) is 57.1 Å². The second-order valence-electron chi connectivity index (χ2n) is 5.15. The third kappa shape index (κ3) is 2.33. The number of fused-ring (bicyclic) bond motifs is 1. The lowest BCUT2D eigenvalue weighted by Crippen LogP contribution is -1.96. The van der Waals surface area contributed by atoms with Crippen molar-refractivity contribution >= 4 is 10.9 Å². The summed E-state index contributed by atoms with van der Waals surface area (Å²) in [5.41, 5.74) is 3.87. The Labute approximate surface area is 104 Å². The SMILES string of the molecule is CCC(C)c1cnc2cccc(C(C)C)c2c1. The Bertz CT molecular complexity index is 514. The molecule has 17 heavy (non-hydrogen) atoms. The van der Waals surface area contributed by atoms with Gasteiger partial charge in [0.05, 0.1) is 5.52 Å². The minimum atomic E-state index is 0.549. The molecule has 2 aromatic rings. The van der Waals surface area contributed by atoms with Crippen molar-refractivity contribution < 1.29 is 0 Å². The van der Waals surface area contributed by atoms with Gasteiger partial charge in [-0.05, 0) is 41.5 Å². The van der Waals surface area contributed by atoms with Gasteiger partial charge in [-0.1, -0.05) is 39.8 Å². The first kappa shape index (κ1) is 12.1. The Morgan fingerprint density at radius 2 is 1.94 bits per heavy atom. The van der Waals surface area contributed by atoms with Crippen molar-refractivity contribution in [1.29, 1.82) is 0 Å². The van der Waals surface area contributed by atoms with E-state index < -0.39 is 0 Å². The van der Waals surface area contributed by atoms with Crippen LogP contribution in [0.2, 0.25) is 0 Å². The number of hydrogen-bond donors (Lipinski definition) is 0. The molecule has 0 saturated heterocycles. The van der Waals surface area contributed by atoms with Gasteiger partial charge >= 0.3 is 0 Å². The van der Waals surface area contributed by atoms with E-state index in [0.29, 0.717) is 11.8 Å². The molecule has 0 aliphatic heterocycles. The molecule has 90 valence electrons. The van der Waals surface area contributed by atoms with Crippen molar-refractivity contribution in [1.82, 2.24) is 4.98 Å². The third-order valence-electron chi connectivity index (χ3n) is 3.58. The Morgan fingerprint density at radius 3 is 2.59 bits per heavy atom. The van der Waals surface area contributed by atoms with Gasteiger partial charge < -0.3 is 0 Å². The number of hydrogen-bond acceptors (Lipinski definition) is 1. The fraction of sp³-hybridized carbons (Fsp3) is 0.438. The smallest absolute Gasteiger partial charge is 0.0705 e. The first-order valence-electron chi connectivity index (χ1n) is 6.52. The van der Waals surface area contributed by atoms with Gasteiger partial charge in [-0.15, -0.1) is 0 Å². The van der Waals surface area contributed by atoms with Gasteiger partial charge in [-0.25, -0.2) is 0 Å². The van der Waals surface area contributed by atoms with E-state index in [1.165, 1.54) is 16.5 Å². The van der Waals surface area contributed by atoms with Crippen molar-refractivity contribution in [2.75, 3.05) is 0 Å². The summed E-state index contributed by atoms with van der Waals surface area (Å²) in [7, 11) is 0. The predicted octanol–water partition coefficient (Wildman–Crippen LogP) is 4.87. The molecule has 0 fully saturated rings. The molecule has 1 heterocycles.